The van der Waals surface area contributed by atoms with Crippen molar-refractivity contribution in [1.29, 1.82) is 0 Å². The summed E-state index contributed by atoms with van der Waals surface area (Å²) in [5.74, 6) is -0.486. The summed E-state index contributed by atoms with van der Waals surface area (Å²) in [5.41, 5.74) is 6.63. The molecule has 166 valence electrons. The maximum atomic E-state index is 12.6. The number of carbonyl (C=O) groups is 2. The summed E-state index contributed by atoms with van der Waals surface area (Å²) in [6, 6.07) is 7.30. The van der Waals surface area contributed by atoms with Crippen LogP contribution in [0, 0.1) is 0 Å². The smallest absolute Gasteiger partial charge is 0.410 e. The fourth-order valence-corrected chi connectivity index (χ4v) is 2.62. The Bertz CT molecular complexity index is 700. The topological polar surface area (TPSA) is 100 Å². The molecular formula is C21H33BN2O6. The number of methoxy groups -OCH3 is 2. The minimum atomic E-state index is -0.581. The summed E-state index contributed by atoms with van der Waals surface area (Å²) in [6.07, 6.45) is 2.53. The molecule has 0 unspecified atom stereocenters. The van der Waals surface area contributed by atoms with Crippen LogP contribution < -0.4 is 5.73 Å². The second kappa shape index (κ2) is 12.9. The molecule has 0 bridgehead atoms. The van der Waals surface area contributed by atoms with E-state index in [0.717, 1.165) is 18.3 Å². The molecule has 0 radical (unpaired) electrons. The molecule has 0 fully saturated rings. The Labute approximate surface area is 179 Å². The van der Waals surface area contributed by atoms with Gasteiger partial charge in [-0.3, -0.25) is 0 Å². The Morgan fingerprint density at radius 2 is 1.83 bits per heavy atom. The first kappa shape index (κ1) is 25.5. The number of ether oxygens (including phenoxy) is 3. The standard InChI is InChI=1S/C21H33BN2O6/c1-21(2,3)30-20(26)24(12-6-11-22-29-15-23)13-16-7-9-17(10-8-16)18(14-27-4)19(25)28-5/h7-10,14,22H,6,11-13,15,23H2,1-5H3/b18-14+. The third-order valence-corrected chi connectivity index (χ3v) is 4.02. The highest BCUT2D eigenvalue weighted by Gasteiger charge is 2.22. The van der Waals surface area contributed by atoms with E-state index in [2.05, 4.69) is 0 Å². The summed E-state index contributed by atoms with van der Waals surface area (Å²) < 4.78 is 20.5. The Hall–Kier alpha value is -2.52. The summed E-state index contributed by atoms with van der Waals surface area (Å²) in [7, 11) is 3.33. The molecule has 0 saturated heterocycles. The minimum Gasteiger partial charge on any atom is -0.503 e. The lowest BCUT2D eigenvalue weighted by Gasteiger charge is -2.27. The van der Waals surface area contributed by atoms with Gasteiger partial charge in [-0.2, -0.15) is 0 Å². The van der Waals surface area contributed by atoms with Gasteiger partial charge in [0.25, 0.3) is 7.48 Å². The SMILES string of the molecule is CO/C=C(/C(=O)OC)c1ccc(CN(CCCBOCN)C(=O)OC(C)(C)C)cc1. The van der Waals surface area contributed by atoms with Crippen LogP contribution in [0.15, 0.2) is 30.5 Å². The fourth-order valence-electron chi connectivity index (χ4n) is 2.62. The van der Waals surface area contributed by atoms with E-state index in [-0.39, 0.29) is 12.8 Å². The van der Waals surface area contributed by atoms with Crippen molar-refractivity contribution in [2.75, 3.05) is 27.5 Å². The van der Waals surface area contributed by atoms with Crippen molar-refractivity contribution in [2.24, 2.45) is 5.73 Å². The predicted molar refractivity (Wildman–Crippen MR) is 117 cm³/mol. The van der Waals surface area contributed by atoms with E-state index in [4.69, 9.17) is 24.6 Å². The van der Waals surface area contributed by atoms with E-state index in [1.165, 1.54) is 20.5 Å². The van der Waals surface area contributed by atoms with Crippen molar-refractivity contribution >= 4 is 25.1 Å². The van der Waals surface area contributed by atoms with Crippen LogP contribution in [0.25, 0.3) is 5.57 Å². The van der Waals surface area contributed by atoms with Crippen LogP contribution in [0.2, 0.25) is 6.32 Å². The Balaban J connectivity index is 2.89. The van der Waals surface area contributed by atoms with E-state index < -0.39 is 11.6 Å². The Morgan fingerprint density at radius 1 is 1.17 bits per heavy atom. The summed E-state index contributed by atoms with van der Waals surface area (Å²) in [5, 5.41) is 0. The average molecular weight is 420 g/mol. The van der Waals surface area contributed by atoms with Gasteiger partial charge in [0.2, 0.25) is 0 Å². The van der Waals surface area contributed by atoms with Gasteiger partial charge in [0, 0.05) is 13.1 Å². The van der Waals surface area contributed by atoms with E-state index in [1.807, 2.05) is 32.9 Å². The number of benzene rings is 1. The zero-order chi connectivity index (χ0) is 22.6. The van der Waals surface area contributed by atoms with Gasteiger partial charge in [-0.1, -0.05) is 24.3 Å². The molecule has 0 aromatic heterocycles. The average Bonchev–Trinajstić information content (AvgIpc) is 2.69. The largest absolute Gasteiger partial charge is 0.503 e. The van der Waals surface area contributed by atoms with Gasteiger partial charge >= 0.3 is 12.1 Å². The number of rotatable bonds is 11. The number of amides is 1. The quantitative estimate of drug-likeness (QED) is 0.147. The highest BCUT2D eigenvalue weighted by atomic mass is 16.6. The maximum absolute atomic E-state index is 12.6. The van der Waals surface area contributed by atoms with Crippen LogP contribution in [-0.4, -0.2) is 57.5 Å². The van der Waals surface area contributed by atoms with Crippen molar-refractivity contribution in [3.63, 3.8) is 0 Å². The monoisotopic (exact) mass is 420 g/mol. The van der Waals surface area contributed by atoms with Gasteiger partial charge in [-0.15, -0.1) is 0 Å². The lowest BCUT2D eigenvalue weighted by molar-refractivity contribution is -0.133. The van der Waals surface area contributed by atoms with Gasteiger partial charge in [0.05, 0.1) is 27.2 Å². The van der Waals surface area contributed by atoms with Gasteiger partial charge in [-0.25, -0.2) is 9.59 Å². The van der Waals surface area contributed by atoms with Crippen molar-refractivity contribution in [1.82, 2.24) is 4.90 Å². The lowest BCUT2D eigenvalue weighted by atomic mass is 9.93. The first-order chi connectivity index (χ1) is 14.2. The zero-order valence-corrected chi connectivity index (χ0v) is 18.6. The molecule has 1 amide bonds. The molecule has 0 aliphatic heterocycles. The van der Waals surface area contributed by atoms with Crippen LogP contribution in [0.4, 0.5) is 4.79 Å². The van der Waals surface area contributed by atoms with Crippen molar-refractivity contribution < 1.29 is 28.5 Å². The van der Waals surface area contributed by atoms with E-state index >= 15 is 0 Å². The molecule has 2 N–H and O–H groups in total. The molecule has 1 aromatic rings. The predicted octanol–water partition coefficient (Wildman–Crippen LogP) is 2.68. The molecule has 0 saturated carbocycles. The van der Waals surface area contributed by atoms with E-state index in [0.29, 0.717) is 31.7 Å². The second-order valence-corrected chi connectivity index (χ2v) is 7.64. The number of nitrogens with two attached hydrogens (primary N) is 1. The number of nitrogens with zero attached hydrogens (tertiary/aromatic N) is 1. The number of esters is 1. The number of hydrogen-bond donors (Lipinski definition) is 1. The molecule has 0 atom stereocenters. The van der Waals surface area contributed by atoms with Crippen molar-refractivity contribution in [2.45, 2.75) is 45.7 Å². The van der Waals surface area contributed by atoms with Crippen LogP contribution in [0.1, 0.15) is 38.3 Å². The first-order valence-electron chi connectivity index (χ1n) is 9.88. The molecular weight excluding hydrogens is 387 g/mol. The molecule has 0 aliphatic rings. The number of carbonyl (C=O) groups excluding carboxylic acids is 2. The second-order valence-electron chi connectivity index (χ2n) is 7.64. The molecule has 1 rings (SSSR count). The third-order valence-electron chi connectivity index (χ3n) is 4.02. The zero-order valence-electron chi connectivity index (χ0n) is 18.6. The minimum absolute atomic E-state index is 0.188. The molecule has 0 spiro atoms. The number of hydrogen-bond acceptors (Lipinski definition) is 7. The van der Waals surface area contributed by atoms with Crippen LogP contribution >= 0.6 is 0 Å². The summed E-state index contributed by atoms with van der Waals surface area (Å²) in [6.45, 7) is 6.61. The normalized spacial score (nSPS) is 11.6. The summed E-state index contributed by atoms with van der Waals surface area (Å²) in [4.78, 5) is 26.2. The molecule has 9 heteroatoms. The Kier molecular flexibility index (Phi) is 11.0. The van der Waals surface area contributed by atoms with Crippen LogP contribution in [0.5, 0.6) is 0 Å². The Morgan fingerprint density at radius 3 is 2.37 bits per heavy atom. The van der Waals surface area contributed by atoms with E-state index in [1.54, 1.807) is 17.0 Å². The summed E-state index contributed by atoms with van der Waals surface area (Å²) >= 11 is 0. The maximum Gasteiger partial charge on any atom is 0.410 e. The van der Waals surface area contributed by atoms with Gasteiger partial charge in [0.15, 0.2) is 0 Å². The molecule has 30 heavy (non-hydrogen) atoms. The molecule has 1 aromatic carbocycles. The van der Waals surface area contributed by atoms with Gasteiger partial charge in [-0.05, 0) is 44.6 Å². The lowest BCUT2D eigenvalue weighted by Crippen LogP contribution is -2.37. The highest BCUT2D eigenvalue weighted by Crippen LogP contribution is 2.19. The van der Waals surface area contributed by atoms with Crippen LogP contribution in [0.3, 0.4) is 0 Å². The third kappa shape index (κ3) is 9.32. The van der Waals surface area contributed by atoms with E-state index in [9.17, 15) is 9.59 Å². The first-order valence-corrected chi connectivity index (χ1v) is 9.88. The molecule has 0 aliphatic carbocycles. The van der Waals surface area contributed by atoms with Gasteiger partial charge in [0.1, 0.15) is 11.2 Å². The van der Waals surface area contributed by atoms with Crippen molar-refractivity contribution in [3.05, 3.63) is 41.7 Å². The highest BCUT2D eigenvalue weighted by molar-refractivity contribution is 6.26. The fraction of sp³-hybridized carbons (Fsp3) is 0.524. The van der Waals surface area contributed by atoms with Crippen molar-refractivity contribution in [3.8, 4) is 0 Å². The molecule has 0 heterocycles. The van der Waals surface area contributed by atoms with Gasteiger partial charge < -0.3 is 29.5 Å². The molecule has 8 nitrogen and oxygen atoms in total. The van der Waals surface area contributed by atoms with Crippen LogP contribution in [-0.2, 0) is 30.2 Å².